The number of aromatic nitrogens is 1. The lowest BCUT2D eigenvalue weighted by atomic mass is 10.3. The smallest absolute Gasteiger partial charge is 0.263 e. The van der Waals surface area contributed by atoms with Crippen molar-refractivity contribution < 1.29 is 18.8 Å². The summed E-state index contributed by atoms with van der Waals surface area (Å²) in [7, 11) is 1.50. The number of hydrogen-bond donors (Lipinski definition) is 1. The lowest BCUT2D eigenvalue weighted by molar-refractivity contribution is -0.139. The first-order valence-electron chi connectivity index (χ1n) is 7.36. The van der Waals surface area contributed by atoms with Gasteiger partial charge >= 0.3 is 0 Å². The van der Waals surface area contributed by atoms with Crippen LogP contribution in [-0.4, -0.2) is 41.6 Å². The number of aryl methyl sites for hydroxylation is 1. The predicted octanol–water partition coefficient (Wildman–Crippen LogP) is 3.15. The number of amides is 2. The maximum atomic E-state index is 12.3. The van der Waals surface area contributed by atoms with E-state index >= 15 is 0 Å². The molecule has 9 heteroatoms. The van der Waals surface area contributed by atoms with Gasteiger partial charge in [0.05, 0.1) is 11.6 Å². The lowest BCUT2D eigenvalue weighted by Crippen LogP contribution is -2.42. The van der Waals surface area contributed by atoms with E-state index in [1.165, 1.54) is 18.0 Å². The zero-order valence-corrected chi connectivity index (χ0v) is 15.4. The molecule has 2 rings (SSSR count). The van der Waals surface area contributed by atoms with E-state index in [4.69, 9.17) is 32.5 Å². The van der Waals surface area contributed by atoms with Gasteiger partial charge in [-0.2, -0.15) is 0 Å². The molecule has 7 nitrogen and oxygen atoms in total. The first kappa shape index (κ1) is 19.1. The van der Waals surface area contributed by atoms with E-state index in [9.17, 15) is 9.59 Å². The third-order valence-corrected chi connectivity index (χ3v) is 3.73. The SMILES string of the molecule is Cc1cc(NC(=O)CN(C)C(=O)C(C)Oc2ccc(Cl)cc2Cl)no1. The van der Waals surface area contributed by atoms with Crippen molar-refractivity contribution >= 4 is 40.8 Å². The first-order chi connectivity index (χ1) is 11.8. The molecule has 1 aromatic carbocycles. The molecule has 0 spiro atoms. The summed E-state index contributed by atoms with van der Waals surface area (Å²) in [6.45, 7) is 3.12. The molecule has 1 unspecified atom stereocenters. The van der Waals surface area contributed by atoms with Crippen LogP contribution in [0.2, 0.25) is 10.0 Å². The minimum Gasteiger partial charge on any atom is -0.479 e. The molecule has 0 aliphatic heterocycles. The average Bonchev–Trinajstić information content (AvgIpc) is 2.93. The second-order valence-electron chi connectivity index (χ2n) is 5.40. The first-order valence-corrected chi connectivity index (χ1v) is 8.11. The molecule has 0 saturated heterocycles. The molecule has 1 heterocycles. The Kier molecular flexibility index (Phi) is 6.27. The molecule has 2 amide bonds. The maximum Gasteiger partial charge on any atom is 0.263 e. The van der Waals surface area contributed by atoms with E-state index in [0.717, 1.165) is 0 Å². The van der Waals surface area contributed by atoms with E-state index in [1.807, 2.05) is 0 Å². The number of carbonyl (C=O) groups excluding carboxylic acids is 2. The number of nitrogens with zero attached hydrogens (tertiary/aromatic N) is 2. The molecule has 0 aliphatic rings. The van der Waals surface area contributed by atoms with Crippen LogP contribution < -0.4 is 10.1 Å². The van der Waals surface area contributed by atoms with E-state index in [0.29, 0.717) is 27.4 Å². The van der Waals surface area contributed by atoms with Gasteiger partial charge in [0.15, 0.2) is 11.9 Å². The van der Waals surface area contributed by atoms with Gasteiger partial charge in [0.2, 0.25) is 5.91 Å². The summed E-state index contributed by atoms with van der Waals surface area (Å²) in [6.07, 6.45) is -0.828. The number of carbonyl (C=O) groups is 2. The van der Waals surface area contributed by atoms with Gasteiger partial charge in [-0.15, -0.1) is 0 Å². The van der Waals surface area contributed by atoms with Crippen LogP contribution in [0.4, 0.5) is 5.82 Å². The van der Waals surface area contributed by atoms with E-state index < -0.39 is 12.0 Å². The van der Waals surface area contributed by atoms with Gasteiger partial charge in [0, 0.05) is 18.1 Å². The fourth-order valence-electron chi connectivity index (χ4n) is 2.02. The Morgan fingerprint density at radius 3 is 2.68 bits per heavy atom. The minimum absolute atomic E-state index is 0.160. The van der Waals surface area contributed by atoms with Gasteiger partial charge in [0.1, 0.15) is 11.5 Å². The van der Waals surface area contributed by atoms with Crippen LogP contribution in [0.3, 0.4) is 0 Å². The standard InChI is InChI=1S/C16H17Cl2N3O4/c1-9-6-14(20-25-9)19-15(22)8-21(3)16(23)10(2)24-13-5-4-11(17)7-12(13)18/h4-7,10H,8H2,1-3H3,(H,19,20,22). The molecule has 0 bridgehead atoms. The molecule has 1 atom stereocenters. The van der Waals surface area contributed by atoms with Crippen LogP contribution in [0.5, 0.6) is 5.75 Å². The third kappa shape index (κ3) is 5.37. The number of likely N-dealkylation sites (N-methyl/N-ethyl adjacent to an activating group) is 1. The monoisotopic (exact) mass is 385 g/mol. The van der Waals surface area contributed by atoms with Crippen LogP contribution in [0.25, 0.3) is 0 Å². The molecule has 0 radical (unpaired) electrons. The van der Waals surface area contributed by atoms with Crippen molar-refractivity contribution in [2.24, 2.45) is 0 Å². The second kappa shape index (κ2) is 8.22. The predicted molar refractivity (Wildman–Crippen MR) is 94.1 cm³/mol. The van der Waals surface area contributed by atoms with Crippen molar-refractivity contribution in [2.75, 3.05) is 18.9 Å². The summed E-state index contributed by atoms with van der Waals surface area (Å²) in [5.41, 5.74) is 0. The normalized spacial score (nSPS) is 11.7. The number of halogens is 2. The fourth-order valence-corrected chi connectivity index (χ4v) is 2.48. The highest BCUT2D eigenvalue weighted by atomic mass is 35.5. The van der Waals surface area contributed by atoms with Crippen molar-refractivity contribution in [2.45, 2.75) is 20.0 Å². The van der Waals surface area contributed by atoms with Crippen molar-refractivity contribution in [3.8, 4) is 5.75 Å². The van der Waals surface area contributed by atoms with Crippen LogP contribution in [-0.2, 0) is 9.59 Å². The molecule has 0 fully saturated rings. The lowest BCUT2D eigenvalue weighted by Gasteiger charge is -2.22. The highest BCUT2D eigenvalue weighted by molar-refractivity contribution is 6.35. The molecule has 0 aliphatic carbocycles. The number of ether oxygens (including phenoxy) is 1. The van der Waals surface area contributed by atoms with E-state index in [2.05, 4.69) is 10.5 Å². The highest BCUT2D eigenvalue weighted by Crippen LogP contribution is 2.28. The third-order valence-electron chi connectivity index (χ3n) is 3.20. The number of nitrogens with one attached hydrogen (secondary N) is 1. The minimum atomic E-state index is -0.828. The Bertz CT molecular complexity index is 778. The van der Waals surface area contributed by atoms with Gasteiger partial charge < -0.3 is 19.5 Å². The molecule has 1 N–H and O–H groups in total. The summed E-state index contributed by atoms with van der Waals surface area (Å²) in [5.74, 6) is 0.420. The molecular formula is C16H17Cl2N3O4. The zero-order chi connectivity index (χ0) is 18.6. The Morgan fingerprint density at radius 1 is 1.36 bits per heavy atom. The average molecular weight is 386 g/mol. The molecule has 25 heavy (non-hydrogen) atoms. The summed E-state index contributed by atoms with van der Waals surface area (Å²) in [5, 5.41) is 6.96. The molecule has 1 aromatic heterocycles. The van der Waals surface area contributed by atoms with Crippen LogP contribution in [0.15, 0.2) is 28.8 Å². The van der Waals surface area contributed by atoms with Crippen molar-refractivity contribution in [3.05, 3.63) is 40.1 Å². The second-order valence-corrected chi connectivity index (χ2v) is 6.24. The summed E-state index contributed by atoms with van der Waals surface area (Å²) >= 11 is 11.8. The fraction of sp³-hybridized carbons (Fsp3) is 0.312. The molecular weight excluding hydrogens is 369 g/mol. The highest BCUT2D eigenvalue weighted by Gasteiger charge is 2.22. The number of hydrogen-bond acceptors (Lipinski definition) is 5. The summed E-state index contributed by atoms with van der Waals surface area (Å²) < 4.78 is 10.4. The molecule has 134 valence electrons. The van der Waals surface area contributed by atoms with Crippen LogP contribution >= 0.6 is 23.2 Å². The number of benzene rings is 1. The van der Waals surface area contributed by atoms with Crippen molar-refractivity contribution in [1.29, 1.82) is 0 Å². The van der Waals surface area contributed by atoms with Crippen LogP contribution in [0.1, 0.15) is 12.7 Å². The Labute approximate surface area is 154 Å². The molecule has 2 aromatic rings. The number of anilines is 1. The van der Waals surface area contributed by atoms with Gasteiger partial charge in [-0.3, -0.25) is 9.59 Å². The van der Waals surface area contributed by atoms with Crippen LogP contribution in [0, 0.1) is 6.92 Å². The summed E-state index contributed by atoms with van der Waals surface area (Å²) in [6, 6.07) is 6.28. The Hall–Kier alpha value is -2.25. The zero-order valence-electron chi connectivity index (χ0n) is 13.9. The topological polar surface area (TPSA) is 84.7 Å². The number of rotatable bonds is 6. The quantitative estimate of drug-likeness (QED) is 0.825. The van der Waals surface area contributed by atoms with Crippen molar-refractivity contribution in [1.82, 2.24) is 10.1 Å². The van der Waals surface area contributed by atoms with Crippen molar-refractivity contribution in [3.63, 3.8) is 0 Å². The maximum absolute atomic E-state index is 12.3. The van der Waals surface area contributed by atoms with Gasteiger partial charge in [-0.25, -0.2) is 0 Å². The van der Waals surface area contributed by atoms with Gasteiger partial charge in [0.25, 0.3) is 5.91 Å². The summed E-state index contributed by atoms with van der Waals surface area (Å²) in [4.78, 5) is 25.5. The Balaban J connectivity index is 1.90. The largest absolute Gasteiger partial charge is 0.479 e. The molecule has 0 saturated carbocycles. The Morgan fingerprint density at radius 2 is 2.08 bits per heavy atom. The van der Waals surface area contributed by atoms with Gasteiger partial charge in [-0.05, 0) is 32.0 Å². The van der Waals surface area contributed by atoms with Gasteiger partial charge in [-0.1, -0.05) is 28.4 Å². The van der Waals surface area contributed by atoms with E-state index in [-0.39, 0.29) is 12.5 Å². The van der Waals surface area contributed by atoms with E-state index in [1.54, 1.807) is 32.0 Å².